The van der Waals surface area contributed by atoms with E-state index in [1.165, 1.54) is 55.3 Å². The lowest BCUT2D eigenvalue weighted by Crippen LogP contribution is -2.33. The van der Waals surface area contributed by atoms with E-state index in [4.69, 9.17) is 19.4 Å². The normalized spacial score (nSPS) is 14.4. The molecule has 0 spiro atoms. The number of imide groups is 2. The van der Waals surface area contributed by atoms with Gasteiger partial charge in [-0.2, -0.15) is 0 Å². The van der Waals surface area contributed by atoms with E-state index in [-0.39, 0.29) is 59.9 Å². The molecule has 0 atom stereocenters. The number of nitrogens with one attached hydrogen (secondary N) is 1. The molecule has 48 heavy (non-hydrogen) atoms. The van der Waals surface area contributed by atoms with E-state index < -0.39 is 52.7 Å². The molecular formula is C32H26N4O12. The number of nitrogens with zero attached hydrogens (tertiary/aromatic N) is 3. The quantitative estimate of drug-likeness (QED) is 0.187. The van der Waals surface area contributed by atoms with Gasteiger partial charge in [-0.15, -0.1) is 0 Å². The van der Waals surface area contributed by atoms with Crippen molar-refractivity contribution in [3.8, 4) is 0 Å². The van der Waals surface area contributed by atoms with Crippen molar-refractivity contribution in [2.45, 2.75) is 19.8 Å². The van der Waals surface area contributed by atoms with Gasteiger partial charge < -0.3 is 29.6 Å². The minimum Gasteiger partial charge on any atom is -0.491 e. The van der Waals surface area contributed by atoms with Crippen molar-refractivity contribution in [2.24, 2.45) is 0 Å². The van der Waals surface area contributed by atoms with E-state index in [1.807, 2.05) is 0 Å². The number of carbonyl (C=O) groups is 7. The standard InChI is InChI=1S/C32H26N4O12/c1-16-9-25(37)35(30(16)44)20-11-18(12-21(13-20)36-26(38)15-24(47-2)31(36)45)33-29(43)22-10-17-3-4-19(14-23(17)48-32(22)46)34(7-5-27(39)40)8-6-28(41)42/h3-4,9-15H,5-8H2,1-2H3,(H,33,43)(H,39,40)(H,41,42). The van der Waals surface area contributed by atoms with Crippen LogP contribution in [0.5, 0.6) is 0 Å². The number of amides is 5. The van der Waals surface area contributed by atoms with Gasteiger partial charge in [0, 0.05) is 47.6 Å². The van der Waals surface area contributed by atoms with E-state index in [0.717, 1.165) is 22.0 Å². The Kier molecular flexibility index (Phi) is 8.91. The molecule has 0 saturated heterocycles. The highest BCUT2D eigenvalue weighted by molar-refractivity contribution is 6.32. The second kappa shape index (κ2) is 13.0. The predicted molar refractivity (Wildman–Crippen MR) is 167 cm³/mol. The summed E-state index contributed by atoms with van der Waals surface area (Å²) in [6.45, 7) is 1.41. The lowest BCUT2D eigenvalue weighted by Gasteiger charge is -2.23. The Balaban J connectivity index is 1.48. The molecular weight excluding hydrogens is 632 g/mol. The first-order chi connectivity index (χ1) is 22.8. The molecule has 2 aliphatic heterocycles. The van der Waals surface area contributed by atoms with Crippen LogP contribution in [0.25, 0.3) is 11.0 Å². The lowest BCUT2D eigenvalue weighted by atomic mass is 10.1. The van der Waals surface area contributed by atoms with Gasteiger partial charge in [-0.3, -0.25) is 33.6 Å². The van der Waals surface area contributed by atoms with Crippen LogP contribution in [-0.4, -0.2) is 71.9 Å². The third-order valence-corrected chi connectivity index (χ3v) is 7.41. The van der Waals surface area contributed by atoms with Crippen molar-refractivity contribution in [1.82, 2.24) is 0 Å². The zero-order valence-corrected chi connectivity index (χ0v) is 25.3. The maximum Gasteiger partial charge on any atom is 0.349 e. The Hall–Kier alpha value is -6.58. The molecule has 5 rings (SSSR count). The summed E-state index contributed by atoms with van der Waals surface area (Å²) in [5, 5.41) is 21.0. The predicted octanol–water partition coefficient (Wildman–Crippen LogP) is 2.02. The highest BCUT2D eigenvalue weighted by atomic mass is 16.5. The summed E-state index contributed by atoms with van der Waals surface area (Å²) in [5.41, 5.74) is -1.22. The Morgan fingerprint density at radius 2 is 1.44 bits per heavy atom. The van der Waals surface area contributed by atoms with E-state index in [9.17, 15) is 38.4 Å². The second-order valence-corrected chi connectivity index (χ2v) is 10.6. The molecule has 0 fully saturated rings. The highest BCUT2D eigenvalue weighted by Gasteiger charge is 2.36. The van der Waals surface area contributed by atoms with Gasteiger partial charge in [0.15, 0.2) is 5.76 Å². The summed E-state index contributed by atoms with van der Waals surface area (Å²) in [5.74, 6) is -6.36. The number of fused-ring (bicyclic) bond motifs is 1. The molecule has 0 aliphatic carbocycles. The Morgan fingerprint density at radius 1 is 0.833 bits per heavy atom. The molecule has 246 valence electrons. The van der Waals surface area contributed by atoms with Crippen molar-refractivity contribution in [2.75, 3.05) is 40.2 Å². The molecule has 0 saturated carbocycles. The van der Waals surface area contributed by atoms with Crippen LogP contribution in [0, 0.1) is 0 Å². The fraction of sp³-hybridized carbons (Fsp3) is 0.188. The van der Waals surface area contributed by atoms with Crippen LogP contribution in [0.4, 0.5) is 22.7 Å². The van der Waals surface area contributed by atoms with Crippen LogP contribution in [0.15, 0.2) is 75.2 Å². The number of carbonyl (C=O) groups excluding carboxylic acids is 5. The number of carboxylic acids is 2. The monoisotopic (exact) mass is 658 g/mol. The summed E-state index contributed by atoms with van der Waals surface area (Å²) in [4.78, 5) is 103. The molecule has 3 heterocycles. The van der Waals surface area contributed by atoms with Gasteiger partial charge in [0.05, 0.1) is 37.4 Å². The smallest absolute Gasteiger partial charge is 0.349 e. The second-order valence-electron chi connectivity index (χ2n) is 10.6. The first-order valence-electron chi connectivity index (χ1n) is 14.2. The van der Waals surface area contributed by atoms with Crippen molar-refractivity contribution >= 4 is 75.2 Å². The zero-order valence-electron chi connectivity index (χ0n) is 25.3. The summed E-state index contributed by atoms with van der Waals surface area (Å²) in [6, 6.07) is 9.43. The van der Waals surface area contributed by atoms with Crippen LogP contribution in [0.1, 0.15) is 30.1 Å². The van der Waals surface area contributed by atoms with Crippen LogP contribution in [0.2, 0.25) is 0 Å². The molecule has 2 aliphatic rings. The number of hydrogen-bond acceptors (Lipinski definition) is 11. The third kappa shape index (κ3) is 6.53. The maximum absolute atomic E-state index is 13.4. The van der Waals surface area contributed by atoms with Gasteiger partial charge in [0.2, 0.25) is 0 Å². The molecule has 5 amide bonds. The Morgan fingerprint density at radius 3 is 1.98 bits per heavy atom. The van der Waals surface area contributed by atoms with Crippen LogP contribution < -0.4 is 25.6 Å². The van der Waals surface area contributed by atoms with Crippen molar-refractivity contribution in [3.63, 3.8) is 0 Å². The molecule has 3 aromatic rings. The van der Waals surface area contributed by atoms with Gasteiger partial charge in [-0.25, -0.2) is 14.6 Å². The SMILES string of the molecule is COC1=CC(=O)N(c2cc(NC(=O)c3cc4ccc(N(CCC(=O)O)CCC(=O)O)cc4oc3=O)cc(N3C(=O)C=C(C)C3=O)c2)C1=O. The summed E-state index contributed by atoms with van der Waals surface area (Å²) >= 11 is 0. The Labute approximate surface area is 270 Å². The van der Waals surface area contributed by atoms with Gasteiger partial charge in [0.1, 0.15) is 11.1 Å². The maximum atomic E-state index is 13.4. The molecule has 3 N–H and O–H groups in total. The van der Waals surface area contributed by atoms with Gasteiger partial charge in [0.25, 0.3) is 23.6 Å². The van der Waals surface area contributed by atoms with E-state index >= 15 is 0 Å². The topological polar surface area (TPSA) is 221 Å². The van der Waals surface area contributed by atoms with Crippen LogP contribution in [-0.2, 0) is 33.5 Å². The Bertz CT molecular complexity index is 2040. The molecule has 16 heteroatoms. The number of benzene rings is 2. The average Bonchev–Trinajstić information content (AvgIpc) is 3.46. The van der Waals surface area contributed by atoms with E-state index in [1.54, 1.807) is 6.07 Å². The van der Waals surface area contributed by atoms with Crippen molar-refractivity contribution < 1.29 is 52.9 Å². The summed E-state index contributed by atoms with van der Waals surface area (Å²) < 4.78 is 10.3. The highest BCUT2D eigenvalue weighted by Crippen LogP contribution is 2.34. The number of carboxylic acid groups (broad SMARTS) is 2. The lowest BCUT2D eigenvalue weighted by molar-refractivity contribution is -0.137. The number of ether oxygens (including phenoxy) is 1. The first-order valence-corrected chi connectivity index (χ1v) is 14.2. The molecule has 2 aromatic carbocycles. The third-order valence-electron chi connectivity index (χ3n) is 7.41. The number of methoxy groups -OCH3 is 1. The van der Waals surface area contributed by atoms with Gasteiger partial charge in [-0.1, -0.05) is 0 Å². The first kappa shape index (κ1) is 32.8. The van der Waals surface area contributed by atoms with Crippen molar-refractivity contribution in [3.05, 3.63) is 81.9 Å². The minimum atomic E-state index is -1.09. The van der Waals surface area contributed by atoms with Crippen molar-refractivity contribution in [1.29, 1.82) is 0 Å². The molecule has 0 radical (unpaired) electrons. The summed E-state index contributed by atoms with van der Waals surface area (Å²) in [6.07, 6.45) is 1.51. The summed E-state index contributed by atoms with van der Waals surface area (Å²) in [7, 11) is 1.20. The largest absolute Gasteiger partial charge is 0.491 e. The molecule has 16 nitrogen and oxygen atoms in total. The zero-order chi connectivity index (χ0) is 34.9. The van der Waals surface area contributed by atoms with Gasteiger partial charge in [-0.05, 0) is 43.3 Å². The fourth-order valence-corrected chi connectivity index (χ4v) is 5.08. The number of rotatable bonds is 12. The van der Waals surface area contributed by atoms with E-state index in [2.05, 4.69) is 5.32 Å². The molecule has 1 aromatic heterocycles. The average molecular weight is 659 g/mol. The minimum absolute atomic E-state index is 0.0123. The number of hydrogen-bond donors (Lipinski definition) is 3. The number of anilines is 4. The van der Waals surface area contributed by atoms with E-state index in [0.29, 0.717) is 11.1 Å². The van der Waals surface area contributed by atoms with Crippen LogP contribution in [0.3, 0.4) is 0 Å². The molecule has 0 bridgehead atoms. The number of aliphatic carboxylic acids is 2. The van der Waals surface area contributed by atoms with Gasteiger partial charge >= 0.3 is 23.5 Å². The van der Waals surface area contributed by atoms with Crippen LogP contribution >= 0.6 is 0 Å². The fourth-order valence-electron chi connectivity index (χ4n) is 5.08. The molecule has 0 unspecified atom stereocenters.